The zero-order chi connectivity index (χ0) is 14.5. The van der Waals surface area contributed by atoms with Gasteiger partial charge in [0.1, 0.15) is 5.75 Å². The smallest absolute Gasteiger partial charge is 0.311 e. The molecule has 104 valence electrons. The lowest BCUT2D eigenvalue weighted by atomic mass is 10.2. The molecule has 0 saturated carbocycles. The number of rotatable bonds is 5. The van der Waals surface area contributed by atoms with E-state index >= 15 is 0 Å². The number of nitro benzene ring substituents is 1. The molecule has 2 rings (SSSR count). The Balaban J connectivity index is 2.25. The van der Waals surface area contributed by atoms with Gasteiger partial charge < -0.3 is 10.1 Å². The van der Waals surface area contributed by atoms with E-state index in [2.05, 4.69) is 21.2 Å². The van der Waals surface area contributed by atoms with Crippen LogP contribution in [0.15, 0.2) is 46.9 Å². The highest BCUT2D eigenvalue weighted by Gasteiger charge is 2.15. The Bertz CT molecular complexity index is 614. The molecule has 0 radical (unpaired) electrons. The molecule has 0 unspecified atom stereocenters. The van der Waals surface area contributed by atoms with Crippen LogP contribution in [0.1, 0.15) is 5.56 Å². The van der Waals surface area contributed by atoms with E-state index in [9.17, 15) is 10.1 Å². The lowest BCUT2D eigenvalue weighted by Crippen LogP contribution is -2.04. The summed E-state index contributed by atoms with van der Waals surface area (Å²) in [4.78, 5) is 10.5. The molecule has 0 aromatic heterocycles. The summed E-state index contributed by atoms with van der Waals surface area (Å²) in [5, 5.41) is 14.0. The summed E-state index contributed by atoms with van der Waals surface area (Å²) >= 11 is 3.28. The summed E-state index contributed by atoms with van der Waals surface area (Å²) < 4.78 is 6.32. The molecule has 0 spiro atoms. The molecule has 0 aliphatic rings. The Morgan fingerprint density at radius 2 is 1.95 bits per heavy atom. The summed E-state index contributed by atoms with van der Waals surface area (Å²) in [6, 6.07) is 12.0. The van der Waals surface area contributed by atoms with Crippen molar-refractivity contribution in [1.82, 2.24) is 5.32 Å². The number of hydrogen-bond acceptors (Lipinski definition) is 4. The number of hydrogen-bond donors (Lipinski definition) is 1. The standard InChI is InChI=1S/C14H13BrN2O3/c1-16-9-10-2-5-12(6-3-10)20-14-8-11(15)4-7-13(14)17(18)19/h2-8,16H,9H2,1H3. The van der Waals surface area contributed by atoms with Crippen molar-refractivity contribution in [2.45, 2.75) is 6.54 Å². The molecule has 0 amide bonds. The van der Waals surface area contributed by atoms with Crippen LogP contribution in [0.3, 0.4) is 0 Å². The highest BCUT2D eigenvalue weighted by atomic mass is 79.9. The van der Waals surface area contributed by atoms with Crippen LogP contribution in [-0.2, 0) is 6.54 Å². The van der Waals surface area contributed by atoms with E-state index in [0.717, 1.165) is 16.6 Å². The Morgan fingerprint density at radius 1 is 1.25 bits per heavy atom. The van der Waals surface area contributed by atoms with E-state index in [1.165, 1.54) is 6.07 Å². The zero-order valence-electron chi connectivity index (χ0n) is 10.8. The fraction of sp³-hybridized carbons (Fsp3) is 0.143. The quantitative estimate of drug-likeness (QED) is 0.664. The average molecular weight is 337 g/mol. The van der Waals surface area contributed by atoms with Gasteiger partial charge >= 0.3 is 5.69 Å². The SMILES string of the molecule is CNCc1ccc(Oc2cc(Br)ccc2[N+](=O)[O-])cc1. The van der Waals surface area contributed by atoms with Crippen molar-refractivity contribution in [1.29, 1.82) is 0 Å². The second-order valence-electron chi connectivity index (χ2n) is 4.15. The lowest BCUT2D eigenvalue weighted by Gasteiger charge is -2.07. The van der Waals surface area contributed by atoms with Crippen molar-refractivity contribution in [3.05, 3.63) is 62.6 Å². The summed E-state index contributed by atoms with van der Waals surface area (Å²) in [6.45, 7) is 0.761. The van der Waals surface area contributed by atoms with E-state index in [0.29, 0.717) is 5.75 Å². The van der Waals surface area contributed by atoms with Crippen molar-refractivity contribution < 1.29 is 9.66 Å². The maximum atomic E-state index is 11.0. The maximum absolute atomic E-state index is 11.0. The van der Waals surface area contributed by atoms with Crippen molar-refractivity contribution in [3.8, 4) is 11.5 Å². The second-order valence-corrected chi connectivity index (χ2v) is 5.06. The second kappa shape index (κ2) is 6.49. The van der Waals surface area contributed by atoms with Crippen LogP contribution in [0.2, 0.25) is 0 Å². The Labute approximate surface area is 124 Å². The van der Waals surface area contributed by atoms with Gasteiger partial charge in [-0.05, 0) is 30.8 Å². The molecule has 0 aliphatic heterocycles. The predicted octanol–water partition coefficient (Wildman–Crippen LogP) is 3.87. The number of halogens is 1. The molecular weight excluding hydrogens is 324 g/mol. The van der Waals surface area contributed by atoms with Gasteiger partial charge in [-0.25, -0.2) is 0 Å². The fourth-order valence-corrected chi connectivity index (χ4v) is 2.07. The van der Waals surface area contributed by atoms with Crippen LogP contribution in [0, 0.1) is 10.1 Å². The summed E-state index contributed by atoms with van der Waals surface area (Å²) in [6.07, 6.45) is 0. The van der Waals surface area contributed by atoms with Gasteiger partial charge in [0, 0.05) is 23.2 Å². The Kier molecular flexibility index (Phi) is 4.70. The van der Waals surface area contributed by atoms with Gasteiger partial charge in [-0.15, -0.1) is 0 Å². The molecular formula is C14H13BrN2O3. The largest absolute Gasteiger partial charge is 0.450 e. The van der Waals surface area contributed by atoms with Gasteiger partial charge in [-0.1, -0.05) is 28.1 Å². The number of benzene rings is 2. The average Bonchev–Trinajstić information content (AvgIpc) is 2.41. The highest BCUT2D eigenvalue weighted by molar-refractivity contribution is 9.10. The van der Waals surface area contributed by atoms with Crippen molar-refractivity contribution in [2.24, 2.45) is 0 Å². The molecule has 0 atom stereocenters. The van der Waals surface area contributed by atoms with Crippen molar-refractivity contribution in [3.63, 3.8) is 0 Å². The molecule has 2 aromatic rings. The van der Waals surface area contributed by atoms with Gasteiger partial charge in [0.2, 0.25) is 5.75 Å². The van der Waals surface area contributed by atoms with Crippen LogP contribution in [0.5, 0.6) is 11.5 Å². The molecule has 20 heavy (non-hydrogen) atoms. The number of nitro groups is 1. The van der Waals surface area contributed by atoms with Crippen LogP contribution < -0.4 is 10.1 Å². The number of ether oxygens (including phenoxy) is 1. The molecule has 2 aromatic carbocycles. The first-order chi connectivity index (χ1) is 9.60. The summed E-state index contributed by atoms with van der Waals surface area (Å²) in [7, 11) is 1.87. The first-order valence-corrected chi connectivity index (χ1v) is 6.75. The van der Waals surface area contributed by atoms with Crippen LogP contribution >= 0.6 is 15.9 Å². The third-order valence-electron chi connectivity index (χ3n) is 2.65. The third-order valence-corrected chi connectivity index (χ3v) is 3.14. The monoisotopic (exact) mass is 336 g/mol. The highest BCUT2D eigenvalue weighted by Crippen LogP contribution is 2.33. The molecule has 0 fully saturated rings. The summed E-state index contributed by atoms with van der Waals surface area (Å²) in [5.41, 5.74) is 1.05. The molecule has 0 heterocycles. The van der Waals surface area contributed by atoms with E-state index in [1.54, 1.807) is 24.3 Å². The lowest BCUT2D eigenvalue weighted by molar-refractivity contribution is -0.385. The predicted molar refractivity (Wildman–Crippen MR) is 80.1 cm³/mol. The number of nitrogens with zero attached hydrogens (tertiary/aromatic N) is 1. The first-order valence-electron chi connectivity index (χ1n) is 5.95. The minimum atomic E-state index is -0.461. The fourth-order valence-electron chi connectivity index (χ4n) is 1.73. The molecule has 5 nitrogen and oxygen atoms in total. The van der Waals surface area contributed by atoms with E-state index < -0.39 is 4.92 Å². The maximum Gasteiger partial charge on any atom is 0.311 e. The number of nitrogens with one attached hydrogen (secondary N) is 1. The minimum Gasteiger partial charge on any atom is -0.450 e. The van der Waals surface area contributed by atoms with Crippen molar-refractivity contribution in [2.75, 3.05) is 7.05 Å². The van der Waals surface area contributed by atoms with Gasteiger partial charge in [0.05, 0.1) is 4.92 Å². The first kappa shape index (κ1) is 14.5. The van der Waals surface area contributed by atoms with Gasteiger partial charge in [-0.3, -0.25) is 10.1 Å². The molecule has 0 bridgehead atoms. The molecule has 6 heteroatoms. The Hall–Kier alpha value is -1.92. The molecule has 0 aliphatic carbocycles. The Morgan fingerprint density at radius 3 is 2.55 bits per heavy atom. The van der Waals surface area contributed by atoms with E-state index in [-0.39, 0.29) is 11.4 Å². The van der Waals surface area contributed by atoms with E-state index in [1.807, 2.05) is 19.2 Å². The van der Waals surface area contributed by atoms with Gasteiger partial charge in [-0.2, -0.15) is 0 Å². The van der Waals surface area contributed by atoms with Crippen molar-refractivity contribution >= 4 is 21.6 Å². The normalized spacial score (nSPS) is 10.3. The van der Waals surface area contributed by atoms with E-state index in [4.69, 9.17) is 4.74 Å². The van der Waals surface area contributed by atoms with Gasteiger partial charge in [0.15, 0.2) is 0 Å². The van der Waals surface area contributed by atoms with Crippen LogP contribution in [0.25, 0.3) is 0 Å². The van der Waals surface area contributed by atoms with Gasteiger partial charge in [0.25, 0.3) is 0 Å². The summed E-state index contributed by atoms with van der Waals surface area (Å²) in [5.74, 6) is 0.775. The molecule has 1 N–H and O–H groups in total. The molecule has 0 saturated heterocycles. The minimum absolute atomic E-state index is 0.0625. The zero-order valence-corrected chi connectivity index (χ0v) is 12.4. The van der Waals surface area contributed by atoms with Crippen LogP contribution in [0.4, 0.5) is 5.69 Å². The topological polar surface area (TPSA) is 64.4 Å². The third kappa shape index (κ3) is 3.55. The van der Waals surface area contributed by atoms with Crippen LogP contribution in [-0.4, -0.2) is 12.0 Å².